The molecule has 0 unspecified atom stereocenters. The lowest BCUT2D eigenvalue weighted by Gasteiger charge is -2.02. The number of hydrogen-bond acceptors (Lipinski definition) is 3. The predicted molar refractivity (Wildman–Crippen MR) is 97.0 cm³/mol. The lowest BCUT2D eigenvalue weighted by atomic mass is 10.2. The first-order chi connectivity index (χ1) is 12.2. The van der Waals surface area contributed by atoms with Crippen LogP contribution in [-0.2, 0) is 4.74 Å². The number of rotatable bonds is 2. The van der Waals surface area contributed by atoms with Gasteiger partial charge in [-0.2, -0.15) is 0 Å². The van der Waals surface area contributed by atoms with Crippen LogP contribution in [0.4, 0.5) is 0 Å². The summed E-state index contributed by atoms with van der Waals surface area (Å²) in [5, 5.41) is 0. The van der Waals surface area contributed by atoms with Crippen LogP contribution in [0.15, 0.2) is 91.0 Å². The van der Waals surface area contributed by atoms with Crippen molar-refractivity contribution in [2.24, 2.45) is 0 Å². The number of hydrogen-bond donors (Lipinski definition) is 0. The third-order valence-corrected chi connectivity index (χ3v) is 3.14. The zero-order valence-electron chi connectivity index (χ0n) is 13.5. The molecule has 0 aromatic heterocycles. The monoisotopic (exact) mass is 328 g/mol. The molecule has 0 fully saturated rings. The Bertz CT molecular complexity index is 799. The molecule has 0 bridgehead atoms. The van der Waals surface area contributed by atoms with Crippen molar-refractivity contribution in [3.8, 4) is 12.3 Å². The molecule has 0 aliphatic heterocycles. The molecule has 3 aromatic rings. The van der Waals surface area contributed by atoms with Crippen molar-refractivity contribution in [3.63, 3.8) is 0 Å². The third-order valence-electron chi connectivity index (χ3n) is 3.14. The summed E-state index contributed by atoms with van der Waals surface area (Å²) in [7, 11) is 0. The van der Waals surface area contributed by atoms with Crippen molar-refractivity contribution in [3.05, 3.63) is 108 Å². The van der Waals surface area contributed by atoms with Crippen LogP contribution in [0.25, 0.3) is 0 Å². The maximum Gasteiger partial charge on any atom is 0.346 e. The highest BCUT2D eigenvalue weighted by molar-refractivity contribution is 6.02. The Balaban J connectivity index is 0.000000236. The smallest absolute Gasteiger partial charge is 0.346 e. The molecule has 0 aliphatic carbocycles. The second-order valence-corrected chi connectivity index (χ2v) is 4.92. The zero-order valence-corrected chi connectivity index (χ0v) is 13.5. The Hall–Kier alpha value is -3.64. The van der Waals surface area contributed by atoms with Gasteiger partial charge in [-0.25, -0.2) is 9.59 Å². The van der Waals surface area contributed by atoms with Gasteiger partial charge >= 0.3 is 11.9 Å². The van der Waals surface area contributed by atoms with Crippen LogP contribution in [0, 0.1) is 12.3 Å². The van der Waals surface area contributed by atoms with E-state index in [4.69, 9.17) is 11.2 Å². The van der Waals surface area contributed by atoms with Crippen molar-refractivity contribution < 1.29 is 14.3 Å². The Morgan fingerprint density at radius 1 is 0.640 bits per heavy atom. The number of benzene rings is 3. The topological polar surface area (TPSA) is 43.4 Å². The summed E-state index contributed by atoms with van der Waals surface area (Å²) in [6.07, 6.45) is 5.10. The number of carbonyl (C=O) groups is 2. The number of terminal acetylenes is 1. The Kier molecular flexibility index (Phi) is 6.72. The summed E-state index contributed by atoms with van der Waals surface area (Å²) in [6, 6.07) is 26.4. The van der Waals surface area contributed by atoms with E-state index < -0.39 is 11.9 Å². The van der Waals surface area contributed by atoms with Gasteiger partial charge in [0.2, 0.25) is 0 Å². The summed E-state index contributed by atoms with van der Waals surface area (Å²) in [5.74, 6) is 1.25. The van der Waals surface area contributed by atoms with E-state index >= 15 is 0 Å². The van der Waals surface area contributed by atoms with Gasteiger partial charge in [-0.3, -0.25) is 0 Å². The van der Waals surface area contributed by atoms with Crippen LogP contribution in [0.1, 0.15) is 26.3 Å². The van der Waals surface area contributed by atoms with E-state index in [0.29, 0.717) is 11.1 Å². The van der Waals surface area contributed by atoms with Gasteiger partial charge in [-0.05, 0) is 36.4 Å². The maximum absolute atomic E-state index is 11.6. The van der Waals surface area contributed by atoms with E-state index in [9.17, 15) is 9.59 Å². The van der Waals surface area contributed by atoms with E-state index in [1.54, 1.807) is 60.7 Å². The van der Waals surface area contributed by atoms with Crippen LogP contribution in [-0.4, -0.2) is 11.9 Å². The fourth-order valence-corrected chi connectivity index (χ4v) is 1.88. The molecule has 0 heterocycles. The summed E-state index contributed by atoms with van der Waals surface area (Å²) < 4.78 is 4.74. The molecule has 0 saturated heterocycles. The summed E-state index contributed by atoms with van der Waals surface area (Å²) in [5.41, 5.74) is 1.65. The Morgan fingerprint density at radius 3 is 1.32 bits per heavy atom. The van der Waals surface area contributed by atoms with Gasteiger partial charge in [-0.15, -0.1) is 6.42 Å². The van der Waals surface area contributed by atoms with Gasteiger partial charge in [0.25, 0.3) is 0 Å². The average molecular weight is 328 g/mol. The van der Waals surface area contributed by atoms with Crippen LogP contribution in [0.5, 0.6) is 0 Å². The standard InChI is InChI=1S/C14H10O3.C8H6/c15-13(11-7-3-1-4-8-11)17-14(16)12-9-5-2-6-10-12;1-2-8-6-4-3-5-7-8/h1-10H;1,3-7H. The van der Waals surface area contributed by atoms with E-state index in [0.717, 1.165) is 5.56 Å². The van der Waals surface area contributed by atoms with Crippen molar-refractivity contribution in [1.29, 1.82) is 0 Å². The third kappa shape index (κ3) is 5.81. The molecular formula is C22H16O3. The van der Waals surface area contributed by atoms with E-state index in [1.807, 2.05) is 30.3 Å². The minimum absolute atomic E-state index is 0.358. The first kappa shape index (κ1) is 17.7. The van der Waals surface area contributed by atoms with E-state index in [2.05, 4.69) is 5.92 Å². The van der Waals surface area contributed by atoms with Gasteiger partial charge < -0.3 is 4.74 Å². The molecule has 122 valence electrons. The molecule has 0 amide bonds. The van der Waals surface area contributed by atoms with Crippen LogP contribution >= 0.6 is 0 Å². The maximum atomic E-state index is 11.6. The molecule has 0 spiro atoms. The number of ether oxygens (including phenoxy) is 1. The second kappa shape index (κ2) is 9.49. The Labute approximate surface area is 146 Å². The summed E-state index contributed by atoms with van der Waals surface area (Å²) in [4.78, 5) is 23.2. The van der Waals surface area contributed by atoms with Crippen molar-refractivity contribution in [1.82, 2.24) is 0 Å². The van der Waals surface area contributed by atoms with Gasteiger partial charge in [-0.1, -0.05) is 60.5 Å². The Morgan fingerprint density at radius 2 is 1.00 bits per heavy atom. The molecule has 3 aromatic carbocycles. The van der Waals surface area contributed by atoms with Crippen LogP contribution in [0.2, 0.25) is 0 Å². The molecule has 0 N–H and O–H groups in total. The van der Waals surface area contributed by atoms with Crippen molar-refractivity contribution in [2.75, 3.05) is 0 Å². The number of esters is 2. The molecular weight excluding hydrogens is 312 g/mol. The fraction of sp³-hybridized carbons (Fsp3) is 0. The minimum Gasteiger partial charge on any atom is -0.386 e. The molecule has 3 rings (SSSR count). The molecule has 0 radical (unpaired) electrons. The summed E-state index contributed by atoms with van der Waals surface area (Å²) in [6.45, 7) is 0. The zero-order chi connectivity index (χ0) is 17.9. The fourth-order valence-electron chi connectivity index (χ4n) is 1.88. The van der Waals surface area contributed by atoms with Crippen molar-refractivity contribution >= 4 is 11.9 Å². The highest BCUT2D eigenvalue weighted by Gasteiger charge is 2.13. The molecule has 0 atom stereocenters. The molecule has 25 heavy (non-hydrogen) atoms. The SMILES string of the molecule is C#Cc1ccccc1.O=C(OC(=O)c1ccccc1)c1ccccc1. The van der Waals surface area contributed by atoms with Gasteiger partial charge in [0.15, 0.2) is 0 Å². The average Bonchev–Trinajstić information content (AvgIpc) is 2.70. The quantitative estimate of drug-likeness (QED) is 0.399. The number of carbonyl (C=O) groups excluding carboxylic acids is 2. The lowest BCUT2D eigenvalue weighted by molar-refractivity contribution is 0.0398. The van der Waals surface area contributed by atoms with Gasteiger partial charge in [0.1, 0.15) is 0 Å². The highest BCUT2D eigenvalue weighted by Crippen LogP contribution is 2.06. The van der Waals surface area contributed by atoms with Gasteiger partial charge in [0.05, 0.1) is 11.1 Å². The van der Waals surface area contributed by atoms with Crippen molar-refractivity contribution in [2.45, 2.75) is 0 Å². The lowest BCUT2D eigenvalue weighted by Crippen LogP contribution is -2.12. The molecule has 3 nitrogen and oxygen atoms in total. The first-order valence-electron chi connectivity index (χ1n) is 7.59. The largest absolute Gasteiger partial charge is 0.386 e. The summed E-state index contributed by atoms with van der Waals surface area (Å²) >= 11 is 0. The van der Waals surface area contributed by atoms with Gasteiger partial charge in [0, 0.05) is 5.56 Å². The van der Waals surface area contributed by atoms with E-state index in [1.165, 1.54) is 0 Å². The first-order valence-corrected chi connectivity index (χ1v) is 7.59. The molecule has 0 aliphatic rings. The normalized spacial score (nSPS) is 9.08. The second-order valence-electron chi connectivity index (χ2n) is 4.92. The molecule has 0 saturated carbocycles. The molecule has 3 heteroatoms. The van der Waals surface area contributed by atoms with Crippen LogP contribution in [0.3, 0.4) is 0 Å². The predicted octanol–water partition coefficient (Wildman–Crippen LogP) is 4.35. The van der Waals surface area contributed by atoms with Crippen LogP contribution < -0.4 is 0 Å². The van der Waals surface area contributed by atoms with E-state index in [-0.39, 0.29) is 0 Å². The minimum atomic E-state index is -0.639. The highest BCUT2D eigenvalue weighted by atomic mass is 16.6.